The van der Waals surface area contributed by atoms with Crippen LogP contribution < -0.4 is 0 Å². The van der Waals surface area contributed by atoms with Gasteiger partial charge in [0, 0.05) is 18.5 Å². The van der Waals surface area contributed by atoms with Crippen LogP contribution in [0, 0.1) is 0 Å². The highest BCUT2D eigenvalue weighted by Crippen LogP contribution is 2.25. The number of ether oxygens (including phenoxy) is 1. The van der Waals surface area contributed by atoms with Crippen LogP contribution in [0.15, 0.2) is 29.5 Å². The molecule has 0 saturated heterocycles. The summed E-state index contributed by atoms with van der Waals surface area (Å²) in [6.07, 6.45) is 0.248. The van der Waals surface area contributed by atoms with E-state index in [-0.39, 0.29) is 41.8 Å². The second kappa shape index (κ2) is 7.03. The Balaban J connectivity index is 2.14. The lowest BCUT2D eigenvalue weighted by atomic mass is 10.1. The second-order valence-electron chi connectivity index (χ2n) is 4.75. The largest absolute Gasteiger partial charge is 0.510 e. The highest BCUT2D eigenvalue weighted by Gasteiger charge is 2.27. The molecule has 0 fully saturated rings. The maximum atomic E-state index is 12.4. The molecule has 1 aliphatic heterocycles. The number of hydrogen-bond donors (Lipinski definition) is 1. The fourth-order valence-electron chi connectivity index (χ4n) is 2.17. The molecule has 1 aliphatic rings. The summed E-state index contributed by atoms with van der Waals surface area (Å²) in [5.41, 5.74) is 0.599. The van der Waals surface area contributed by atoms with Crippen molar-refractivity contribution >= 4 is 35.1 Å². The first-order chi connectivity index (χ1) is 10.4. The molecule has 0 bridgehead atoms. The van der Waals surface area contributed by atoms with Gasteiger partial charge in [0.15, 0.2) is 0 Å². The van der Waals surface area contributed by atoms with Gasteiger partial charge in [-0.2, -0.15) is 0 Å². The zero-order chi connectivity index (χ0) is 16.3. The maximum absolute atomic E-state index is 12.4. The minimum Gasteiger partial charge on any atom is -0.510 e. The summed E-state index contributed by atoms with van der Waals surface area (Å²) in [7, 11) is 0. The number of amides is 1. The van der Waals surface area contributed by atoms with Gasteiger partial charge in [-0.3, -0.25) is 4.79 Å². The number of rotatable bonds is 3. The lowest BCUT2D eigenvalue weighted by molar-refractivity contribution is -0.139. The van der Waals surface area contributed by atoms with E-state index in [9.17, 15) is 14.7 Å². The molecule has 1 heterocycles. The highest BCUT2D eigenvalue weighted by atomic mass is 35.5. The number of nitrogens with zero attached hydrogens (tertiary/aromatic N) is 1. The molecule has 0 radical (unpaired) electrons. The third kappa shape index (κ3) is 3.54. The number of halogens is 2. The second-order valence-corrected chi connectivity index (χ2v) is 5.57. The molecule has 0 unspecified atom stereocenters. The lowest BCUT2D eigenvalue weighted by Crippen LogP contribution is -2.38. The molecular formula is C15H15Cl2NO4. The first kappa shape index (κ1) is 16.6. The minimum atomic E-state index is -0.540. The molecule has 1 aromatic rings. The fraction of sp³-hybridized carbons (Fsp3) is 0.333. The number of aliphatic hydroxyl groups excluding tert-OH is 1. The molecule has 0 atom stereocenters. The van der Waals surface area contributed by atoms with Crippen LogP contribution in [0.5, 0.6) is 0 Å². The van der Waals surface area contributed by atoms with Gasteiger partial charge in [0.1, 0.15) is 5.76 Å². The van der Waals surface area contributed by atoms with Crippen LogP contribution in [0.1, 0.15) is 23.7 Å². The predicted octanol–water partition coefficient (Wildman–Crippen LogP) is 3.21. The summed E-state index contributed by atoms with van der Waals surface area (Å²) in [4.78, 5) is 25.5. The Morgan fingerprint density at radius 1 is 1.32 bits per heavy atom. The van der Waals surface area contributed by atoms with E-state index in [1.165, 1.54) is 11.0 Å². The molecular weight excluding hydrogens is 329 g/mol. The Hall–Kier alpha value is -1.72. The van der Waals surface area contributed by atoms with E-state index in [0.29, 0.717) is 17.1 Å². The van der Waals surface area contributed by atoms with Crippen LogP contribution in [0.2, 0.25) is 10.0 Å². The molecule has 0 spiro atoms. The van der Waals surface area contributed by atoms with Gasteiger partial charge in [-0.25, -0.2) is 4.79 Å². The summed E-state index contributed by atoms with van der Waals surface area (Å²) in [6.45, 7) is 2.21. The van der Waals surface area contributed by atoms with Gasteiger partial charge in [0.2, 0.25) is 0 Å². The molecule has 118 valence electrons. The number of hydrogen-bond acceptors (Lipinski definition) is 4. The first-order valence-electron chi connectivity index (χ1n) is 6.76. The van der Waals surface area contributed by atoms with Crippen LogP contribution in [-0.2, 0) is 9.53 Å². The number of benzene rings is 1. The van der Waals surface area contributed by atoms with E-state index in [1.54, 1.807) is 19.1 Å². The molecule has 0 aliphatic carbocycles. The van der Waals surface area contributed by atoms with E-state index in [0.717, 1.165) is 0 Å². The van der Waals surface area contributed by atoms with Gasteiger partial charge in [0.05, 0.1) is 28.8 Å². The Kier molecular flexibility index (Phi) is 5.32. The molecule has 5 nitrogen and oxygen atoms in total. The van der Waals surface area contributed by atoms with Gasteiger partial charge in [-0.15, -0.1) is 0 Å². The van der Waals surface area contributed by atoms with Crippen LogP contribution in [0.3, 0.4) is 0 Å². The monoisotopic (exact) mass is 343 g/mol. The van der Waals surface area contributed by atoms with Gasteiger partial charge in [0.25, 0.3) is 5.91 Å². The Morgan fingerprint density at radius 2 is 2.05 bits per heavy atom. The highest BCUT2D eigenvalue weighted by molar-refractivity contribution is 6.42. The minimum absolute atomic E-state index is 0.0345. The number of aliphatic hydroxyl groups is 1. The fourth-order valence-corrected chi connectivity index (χ4v) is 2.47. The molecule has 0 saturated carbocycles. The third-order valence-corrected chi connectivity index (χ3v) is 4.04. The summed E-state index contributed by atoms with van der Waals surface area (Å²) >= 11 is 11.7. The van der Waals surface area contributed by atoms with Crippen molar-refractivity contribution in [1.29, 1.82) is 0 Å². The summed E-state index contributed by atoms with van der Waals surface area (Å²) in [6, 6.07) is 4.59. The first-order valence-corrected chi connectivity index (χ1v) is 7.52. The van der Waals surface area contributed by atoms with Crippen molar-refractivity contribution in [2.75, 3.05) is 19.7 Å². The number of carbonyl (C=O) groups is 2. The summed E-state index contributed by atoms with van der Waals surface area (Å²) < 4.78 is 4.87. The van der Waals surface area contributed by atoms with Crippen molar-refractivity contribution in [1.82, 2.24) is 4.90 Å². The van der Waals surface area contributed by atoms with Crippen LogP contribution in [0.25, 0.3) is 0 Å². The molecule has 2 rings (SSSR count). The van der Waals surface area contributed by atoms with Crippen molar-refractivity contribution in [2.24, 2.45) is 0 Å². The van der Waals surface area contributed by atoms with Crippen molar-refractivity contribution in [3.63, 3.8) is 0 Å². The van der Waals surface area contributed by atoms with E-state index >= 15 is 0 Å². The van der Waals surface area contributed by atoms with Crippen molar-refractivity contribution in [2.45, 2.75) is 13.3 Å². The van der Waals surface area contributed by atoms with Gasteiger partial charge in [-0.05, 0) is 25.1 Å². The van der Waals surface area contributed by atoms with Crippen molar-refractivity contribution < 1.29 is 19.4 Å². The van der Waals surface area contributed by atoms with Gasteiger partial charge >= 0.3 is 5.97 Å². The van der Waals surface area contributed by atoms with Crippen LogP contribution >= 0.6 is 23.2 Å². The molecule has 7 heteroatoms. The molecule has 1 amide bonds. The average molecular weight is 344 g/mol. The van der Waals surface area contributed by atoms with E-state index in [2.05, 4.69) is 0 Å². The predicted molar refractivity (Wildman–Crippen MR) is 83.3 cm³/mol. The van der Waals surface area contributed by atoms with Crippen LogP contribution in [0.4, 0.5) is 0 Å². The standard InChI is InChI=1S/C15H15Cl2NO4/c1-2-22-15(21)10-5-6-18(8-13(10)19)14(20)9-3-4-11(16)12(17)7-9/h3-4,7,19H,2,5-6,8H2,1H3. The third-order valence-electron chi connectivity index (χ3n) is 3.30. The molecule has 1 N–H and O–H groups in total. The normalized spacial score (nSPS) is 15.0. The van der Waals surface area contributed by atoms with E-state index in [1.807, 2.05) is 0 Å². The maximum Gasteiger partial charge on any atom is 0.337 e. The Labute approximate surface area is 138 Å². The Morgan fingerprint density at radius 3 is 2.64 bits per heavy atom. The quantitative estimate of drug-likeness (QED) is 0.855. The summed E-state index contributed by atoms with van der Waals surface area (Å²) in [5.74, 6) is -0.965. The zero-order valence-corrected chi connectivity index (χ0v) is 13.4. The van der Waals surface area contributed by atoms with Gasteiger partial charge in [-0.1, -0.05) is 23.2 Å². The van der Waals surface area contributed by atoms with Crippen molar-refractivity contribution in [3.05, 3.63) is 45.1 Å². The lowest BCUT2D eigenvalue weighted by Gasteiger charge is -2.27. The summed E-state index contributed by atoms with van der Waals surface area (Å²) in [5, 5.41) is 10.6. The zero-order valence-electron chi connectivity index (χ0n) is 11.9. The smallest absolute Gasteiger partial charge is 0.337 e. The SMILES string of the molecule is CCOC(=O)C1=C(O)CN(C(=O)c2ccc(Cl)c(Cl)c2)CC1. The van der Waals surface area contributed by atoms with Crippen LogP contribution in [-0.4, -0.2) is 41.6 Å². The Bertz CT molecular complexity index is 642. The molecule has 1 aromatic carbocycles. The molecule has 0 aromatic heterocycles. The number of carbonyl (C=O) groups excluding carboxylic acids is 2. The number of esters is 1. The molecule has 22 heavy (non-hydrogen) atoms. The topological polar surface area (TPSA) is 66.8 Å². The average Bonchev–Trinajstić information content (AvgIpc) is 2.49. The van der Waals surface area contributed by atoms with Gasteiger partial charge < -0.3 is 14.7 Å². The van der Waals surface area contributed by atoms with E-state index in [4.69, 9.17) is 27.9 Å². The van der Waals surface area contributed by atoms with E-state index < -0.39 is 5.97 Å². The van der Waals surface area contributed by atoms with Crippen molar-refractivity contribution in [3.8, 4) is 0 Å².